The Morgan fingerprint density at radius 3 is 2.54 bits per heavy atom. The van der Waals surface area contributed by atoms with Crippen molar-refractivity contribution in [3.63, 3.8) is 0 Å². The van der Waals surface area contributed by atoms with Gasteiger partial charge in [-0.25, -0.2) is 4.79 Å². The van der Waals surface area contributed by atoms with Gasteiger partial charge in [0.05, 0.1) is 6.20 Å². The minimum absolute atomic E-state index is 0.0387. The van der Waals surface area contributed by atoms with Crippen LogP contribution in [0.1, 0.15) is 25.5 Å². The molecule has 0 radical (unpaired) electrons. The zero-order chi connectivity index (χ0) is 10.0. The van der Waals surface area contributed by atoms with Crippen LogP contribution >= 0.6 is 0 Å². The minimum atomic E-state index is -0.835. The number of carboxylic acids is 1. The molecular formula is C9H14N2O2. The summed E-state index contributed by atoms with van der Waals surface area (Å²) < 4.78 is 1.50. The molecule has 0 unspecified atom stereocenters. The second-order valence-electron chi connectivity index (χ2n) is 3.52. The minimum Gasteiger partial charge on any atom is -0.480 e. The van der Waals surface area contributed by atoms with Gasteiger partial charge in [0.15, 0.2) is 6.04 Å². The Balaban J connectivity index is 2.95. The average molecular weight is 182 g/mol. The summed E-state index contributed by atoms with van der Waals surface area (Å²) >= 11 is 0. The van der Waals surface area contributed by atoms with E-state index in [1.165, 1.54) is 4.68 Å². The van der Waals surface area contributed by atoms with Crippen LogP contribution in [0.15, 0.2) is 12.4 Å². The van der Waals surface area contributed by atoms with Crippen LogP contribution in [0, 0.1) is 12.8 Å². The van der Waals surface area contributed by atoms with Crippen molar-refractivity contribution in [3.05, 3.63) is 18.0 Å². The van der Waals surface area contributed by atoms with E-state index in [9.17, 15) is 4.79 Å². The lowest BCUT2D eigenvalue weighted by Crippen LogP contribution is -2.24. The number of aliphatic carboxylic acids is 1. The highest BCUT2D eigenvalue weighted by atomic mass is 16.4. The molecule has 1 aromatic rings. The quantitative estimate of drug-likeness (QED) is 0.770. The third-order valence-corrected chi connectivity index (χ3v) is 1.90. The molecule has 0 aromatic carbocycles. The van der Waals surface area contributed by atoms with E-state index in [-0.39, 0.29) is 5.92 Å². The van der Waals surface area contributed by atoms with Gasteiger partial charge < -0.3 is 5.11 Å². The van der Waals surface area contributed by atoms with E-state index in [2.05, 4.69) is 5.10 Å². The predicted octanol–water partition coefficient (Wildman–Crippen LogP) is 1.47. The highest BCUT2D eigenvalue weighted by molar-refractivity contribution is 5.72. The molecule has 0 aliphatic carbocycles. The Morgan fingerprint density at radius 2 is 2.23 bits per heavy atom. The number of hydrogen-bond donors (Lipinski definition) is 1. The third kappa shape index (κ3) is 2.08. The first-order valence-electron chi connectivity index (χ1n) is 4.26. The normalized spacial score (nSPS) is 13.2. The fourth-order valence-electron chi connectivity index (χ4n) is 1.29. The van der Waals surface area contributed by atoms with Gasteiger partial charge in [0.1, 0.15) is 0 Å². The highest BCUT2D eigenvalue weighted by Crippen LogP contribution is 2.17. The van der Waals surface area contributed by atoms with Gasteiger partial charge in [-0.3, -0.25) is 4.68 Å². The summed E-state index contributed by atoms with van der Waals surface area (Å²) in [6.07, 6.45) is 3.41. The molecule has 1 N–H and O–H groups in total. The monoisotopic (exact) mass is 182 g/mol. The lowest BCUT2D eigenvalue weighted by Gasteiger charge is -2.16. The SMILES string of the molecule is Cc1cnn([C@H](C(=O)O)C(C)C)c1. The van der Waals surface area contributed by atoms with Crippen LogP contribution in [0.3, 0.4) is 0 Å². The standard InChI is InChI=1S/C9H14N2O2/c1-6(2)8(9(12)13)11-5-7(3)4-10-11/h4-6,8H,1-3H3,(H,12,13)/t8-/m0/s1. The summed E-state index contributed by atoms with van der Waals surface area (Å²) in [5.41, 5.74) is 0.979. The van der Waals surface area contributed by atoms with Crippen molar-refractivity contribution in [2.24, 2.45) is 5.92 Å². The Bertz CT molecular complexity index is 304. The zero-order valence-electron chi connectivity index (χ0n) is 8.06. The molecule has 0 saturated carbocycles. The molecule has 13 heavy (non-hydrogen) atoms. The van der Waals surface area contributed by atoms with Crippen molar-refractivity contribution >= 4 is 5.97 Å². The fourth-order valence-corrected chi connectivity index (χ4v) is 1.29. The molecule has 4 heteroatoms. The van der Waals surface area contributed by atoms with E-state index < -0.39 is 12.0 Å². The van der Waals surface area contributed by atoms with Gasteiger partial charge in [0, 0.05) is 6.20 Å². The maximum absolute atomic E-state index is 10.9. The van der Waals surface area contributed by atoms with Gasteiger partial charge in [-0.15, -0.1) is 0 Å². The lowest BCUT2D eigenvalue weighted by atomic mass is 10.1. The van der Waals surface area contributed by atoms with Crippen molar-refractivity contribution in [1.29, 1.82) is 0 Å². The zero-order valence-corrected chi connectivity index (χ0v) is 8.06. The van der Waals surface area contributed by atoms with Gasteiger partial charge in [-0.05, 0) is 18.4 Å². The first-order chi connectivity index (χ1) is 6.02. The van der Waals surface area contributed by atoms with Crippen LogP contribution in [0.25, 0.3) is 0 Å². The first-order valence-corrected chi connectivity index (χ1v) is 4.26. The molecule has 0 saturated heterocycles. The van der Waals surface area contributed by atoms with Gasteiger partial charge in [-0.2, -0.15) is 5.10 Å². The van der Waals surface area contributed by atoms with Crippen molar-refractivity contribution in [2.75, 3.05) is 0 Å². The largest absolute Gasteiger partial charge is 0.480 e. The van der Waals surface area contributed by atoms with E-state index in [0.29, 0.717) is 0 Å². The predicted molar refractivity (Wildman–Crippen MR) is 48.5 cm³/mol. The van der Waals surface area contributed by atoms with Crippen LogP contribution in [-0.2, 0) is 4.79 Å². The van der Waals surface area contributed by atoms with Crippen LogP contribution in [0.5, 0.6) is 0 Å². The van der Waals surface area contributed by atoms with E-state index in [0.717, 1.165) is 5.56 Å². The summed E-state index contributed by atoms with van der Waals surface area (Å²) in [5.74, 6) is -0.796. The number of carboxylic acid groups (broad SMARTS) is 1. The molecule has 1 rings (SSSR count). The Morgan fingerprint density at radius 1 is 1.62 bits per heavy atom. The first kappa shape index (κ1) is 9.77. The summed E-state index contributed by atoms with van der Waals surface area (Å²) in [6, 6.07) is -0.561. The van der Waals surface area contributed by atoms with Gasteiger partial charge in [0.25, 0.3) is 0 Å². The molecule has 4 nitrogen and oxygen atoms in total. The lowest BCUT2D eigenvalue weighted by molar-refractivity contribution is -0.142. The van der Waals surface area contributed by atoms with Crippen molar-refractivity contribution in [3.8, 4) is 0 Å². The molecule has 1 heterocycles. The summed E-state index contributed by atoms with van der Waals surface area (Å²) in [7, 11) is 0. The number of hydrogen-bond acceptors (Lipinski definition) is 2. The summed E-state index contributed by atoms with van der Waals surface area (Å²) in [4.78, 5) is 10.9. The van der Waals surface area contributed by atoms with Crippen LogP contribution < -0.4 is 0 Å². The second-order valence-corrected chi connectivity index (χ2v) is 3.52. The van der Waals surface area contributed by atoms with E-state index >= 15 is 0 Å². The Labute approximate surface area is 77.2 Å². The third-order valence-electron chi connectivity index (χ3n) is 1.90. The van der Waals surface area contributed by atoms with Crippen LogP contribution in [0.4, 0.5) is 0 Å². The van der Waals surface area contributed by atoms with Gasteiger partial charge in [0.2, 0.25) is 0 Å². The van der Waals surface area contributed by atoms with Crippen LogP contribution in [0.2, 0.25) is 0 Å². The summed E-state index contributed by atoms with van der Waals surface area (Å²) in [5, 5.41) is 12.9. The van der Waals surface area contributed by atoms with Crippen molar-refractivity contribution in [1.82, 2.24) is 9.78 Å². The van der Waals surface area contributed by atoms with Crippen LogP contribution in [-0.4, -0.2) is 20.9 Å². The van der Waals surface area contributed by atoms with Crippen molar-refractivity contribution in [2.45, 2.75) is 26.8 Å². The van der Waals surface area contributed by atoms with Crippen molar-refractivity contribution < 1.29 is 9.90 Å². The molecule has 72 valence electrons. The molecule has 1 atom stereocenters. The topological polar surface area (TPSA) is 55.1 Å². The smallest absolute Gasteiger partial charge is 0.328 e. The highest BCUT2D eigenvalue weighted by Gasteiger charge is 2.23. The number of carbonyl (C=O) groups is 1. The molecular weight excluding hydrogens is 168 g/mol. The van der Waals surface area contributed by atoms with E-state index in [4.69, 9.17) is 5.11 Å². The average Bonchev–Trinajstić information content (AvgIpc) is 2.34. The molecule has 0 amide bonds. The molecule has 0 aliphatic heterocycles. The Hall–Kier alpha value is -1.32. The molecule has 0 bridgehead atoms. The molecule has 0 spiro atoms. The maximum atomic E-state index is 10.9. The number of rotatable bonds is 3. The Kier molecular flexibility index (Phi) is 2.70. The summed E-state index contributed by atoms with van der Waals surface area (Å²) in [6.45, 7) is 5.63. The van der Waals surface area contributed by atoms with Gasteiger partial charge in [-0.1, -0.05) is 13.8 Å². The van der Waals surface area contributed by atoms with E-state index in [1.807, 2.05) is 20.8 Å². The fraction of sp³-hybridized carbons (Fsp3) is 0.556. The van der Waals surface area contributed by atoms with E-state index in [1.54, 1.807) is 12.4 Å². The number of aromatic nitrogens is 2. The number of aryl methyl sites for hydroxylation is 1. The van der Waals surface area contributed by atoms with Gasteiger partial charge >= 0.3 is 5.97 Å². The maximum Gasteiger partial charge on any atom is 0.328 e. The second kappa shape index (κ2) is 3.60. The molecule has 0 aliphatic rings. The number of nitrogens with zero attached hydrogens (tertiary/aromatic N) is 2. The molecule has 0 fully saturated rings. The molecule has 1 aromatic heterocycles.